The van der Waals surface area contributed by atoms with Crippen LogP contribution in [-0.2, 0) is 0 Å². The lowest BCUT2D eigenvalue weighted by atomic mass is 10.5. The zero-order valence-electron chi connectivity index (χ0n) is 6.41. The predicted octanol–water partition coefficient (Wildman–Crippen LogP) is 1.34. The first-order valence-corrected chi connectivity index (χ1v) is 4.70. The van der Waals surface area contributed by atoms with Crippen LogP contribution in [0.3, 0.4) is 0 Å². The Labute approximate surface area is 79.3 Å². The molecule has 1 heterocycles. The van der Waals surface area contributed by atoms with Crippen LogP contribution in [0, 0.1) is 18.3 Å². The van der Waals surface area contributed by atoms with Crippen molar-refractivity contribution in [2.24, 2.45) is 0 Å². The summed E-state index contributed by atoms with van der Waals surface area (Å²) in [6.45, 7) is 1.82. The van der Waals surface area contributed by atoms with E-state index in [1.54, 1.807) is 0 Å². The maximum Gasteiger partial charge on any atom is 0.208 e. The van der Waals surface area contributed by atoms with E-state index < -0.39 is 5.38 Å². The zero-order chi connectivity index (χ0) is 8.97. The number of thioether (sulfide) groups is 1. The van der Waals surface area contributed by atoms with Gasteiger partial charge in [0.1, 0.15) is 11.2 Å². The number of hydrogen-bond acceptors (Lipinski definition) is 4. The van der Waals surface area contributed by atoms with Gasteiger partial charge in [0.05, 0.1) is 6.07 Å². The van der Waals surface area contributed by atoms with E-state index in [0.29, 0.717) is 10.9 Å². The molecule has 0 spiro atoms. The van der Waals surface area contributed by atoms with Gasteiger partial charge >= 0.3 is 0 Å². The van der Waals surface area contributed by atoms with E-state index in [4.69, 9.17) is 16.9 Å². The molecular formula is C6H7ClN4S. The van der Waals surface area contributed by atoms with Gasteiger partial charge in [-0.2, -0.15) is 5.26 Å². The molecule has 1 atom stereocenters. The topological polar surface area (TPSA) is 65.4 Å². The lowest BCUT2D eigenvalue weighted by Crippen LogP contribution is -1.97. The van der Waals surface area contributed by atoms with E-state index in [9.17, 15) is 0 Å². The van der Waals surface area contributed by atoms with E-state index >= 15 is 0 Å². The first kappa shape index (κ1) is 9.36. The minimum absolute atomic E-state index is 0.478. The van der Waals surface area contributed by atoms with Crippen LogP contribution >= 0.6 is 23.4 Å². The Morgan fingerprint density at radius 3 is 3.08 bits per heavy atom. The molecule has 64 valence electrons. The first-order valence-electron chi connectivity index (χ1n) is 3.28. The summed E-state index contributed by atoms with van der Waals surface area (Å²) in [5.74, 6) is 1.27. The van der Waals surface area contributed by atoms with Gasteiger partial charge in [-0.1, -0.05) is 11.8 Å². The lowest BCUT2D eigenvalue weighted by Gasteiger charge is -1.94. The third-order valence-electron chi connectivity index (χ3n) is 1.08. The second-order valence-electron chi connectivity index (χ2n) is 2.11. The molecule has 0 aliphatic heterocycles. The molecule has 0 bridgehead atoms. The number of nitriles is 1. The number of H-pyrrole nitrogens is 1. The fraction of sp³-hybridized carbons (Fsp3) is 0.500. The molecule has 0 radical (unpaired) electrons. The lowest BCUT2D eigenvalue weighted by molar-refractivity contribution is 0.968. The van der Waals surface area contributed by atoms with Crippen molar-refractivity contribution < 1.29 is 0 Å². The standard InChI is InChI=1S/C6H7ClN4S/c1-4-9-6(11-10-4)12-3-5(7)2-8/h5H,3H2,1H3,(H,9,10,11). The van der Waals surface area contributed by atoms with Crippen molar-refractivity contribution in [2.75, 3.05) is 5.75 Å². The molecule has 1 unspecified atom stereocenters. The highest BCUT2D eigenvalue weighted by molar-refractivity contribution is 7.99. The van der Waals surface area contributed by atoms with Gasteiger partial charge in [0.15, 0.2) is 0 Å². The number of rotatable bonds is 3. The molecule has 0 aromatic carbocycles. The average molecular weight is 203 g/mol. The van der Waals surface area contributed by atoms with Crippen LogP contribution in [0.25, 0.3) is 0 Å². The smallest absolute Gasteiger partial charge is 0.208 e. The Hall–Kier alpha value is -0.730. The number of aromatic nitrogens is 3. The quantitative estimate of drug-likeness (QED) is 0.594. The maximum absolute atomic E-state index is 8.37. The summed E-state index contributed by atoms with van der Waals surface area (Å²) in [7, 11) is 0. The summed E-state index contributed by atoms with van der Waals surface area (Å²) in [6, 6.07) is 1.92. The van der Waals surface area contributed by atoms with E-state index in [-0.39, 0.29) is 0 Å². The van der Waals surface area contributed by atoms with Crippen molar-refractivity contribution in [1.82, 2.24) is 15.2 Å². The summed E-state index contributed by atoms with van der Waals surface area (Å²) in [5, 5.41) is 15.1. The minimum atomic E-state index is -0.478. The van der Waals surface area contributed by atoms with E-state index in [0.717, 1.165) is 5.82 Å². The molecule has 4 nitrogen and oxygen atoms in total. The molecule has 0 fully saturated rings. The largest absolute Gasteiger partial charge is 0.262 e. The summed E-state index contributed by atoms with van der Waals surface area (Å²) < 4.78 is 0. The molecule has 1 N–H and O–H groups in total. The fourth-order valence-electron chi connectivity index (χ4n) is 0.572. The van der Waals surface area contributed by atoms with Crippen molar-refractivity contribution in [3.63, 3.8) is 0 Å². The molecular weight excluding hydrogens is 196 g/mol. The van der Waals surface area contributed by atoms with Gasteiger partial charge in [-0.3, -0.25) is 5.10 Å². The number of nitrogens with zero attached hydrogens (tertiary/aromatic N) is 3. The first-order chi connectivity index (χ1) is 5.72. The molecule has 0 aliphatic rings. The molecule has 0 saturated carbocycles. The number of aromatic amines is 1. The summed E-state index contributed by atoms with van der Waals surface area (Å²) in [6.07, 6.45) is 0. The third kappa shape index (κ3) is 2.72. The van der Waals surface area contributed by atoms with Crippen LogP contribution in [0.1, 0.15) is 5.82 Å². The summed E-state index contributed by atoms with van der Waals surface area (Å²) in [4.78, 5) is 4.05. The maximum atomic E-state index is 8.37. The number of halogens is 1. The van der Waals surface area contributed by atoms with Gasteiger partial charge in [0.2, 0.25) is 5.16 Å². The number of aryl methyl sites for hydroxylation is 1. The molecule has 0 amide bonds. The number of alkyl halides is 1. The minimum Gasteiger partial charge on any atom is -0.262 e. The Balaban J connectivity index is 2.39. The highest BCUT2D eigenvalue weighted by Gasteiger charge is 2.05. The van der Waals surface area contributed by atoms with Gasteiger partial charge in [-0.25, -0.2) is 4.98 Å². The van der Waals surface area contributed by atoms with Gasteiger partial charge < -0.3 is 0 Å². The SMILES string of the molecule is Cc1nc(SCC(Cl)C#N)n[nH]1. The van der Waals surface area contributed by atoms with Gasteiger partial charge in [-0.15, -0.1) is 16.7 Å². The molecule has 0 saturated heterocycles. The predicted molar refractivity (Wildman–Crippen MR) is 47.1 cm³/mol. The second-order valence-corrected chi connectivity index (χ2v) is 3.63. The monoisotopic (exact) mass is 202 g/mol. The van der Waals surface area contributed by atoms with E-state index in [1.165, 1.54) is 11.8 Å². The van der Waals surface area contributed by atoms with Crippen LogP contribution < -0.4 is 0 Å². The highest BCUT2D eigenvalue weighted by Crippen LogP contribution is 2.15. The van der Waals surface area contributed by atoms with Crippen molar-refractivity contribution in [2.45, 2.75) is 17.5 Å². The highest BCUT2D eigenvalue weighted by atomic mass is 35.5. The Morgan fingerprint density at radius 1 is 1.83 bits per heavy atom. The molecule has 12 heavy (non-hydrogen) atoms. The number of hydrogen-bond donors (Lipinski definition) is 1. The molecule has 1 rings (SSSR count). The molecule has 0 aliphatic carbocycles. The third-order valence-corrected chi connectivity index (χ3v) is 2.45. The van der Waals surface area contributed by atoms with Crippen molar-refractivity contribution in [1.29, 1.82) is 5.26 Å². The van der Waals surface area contributed by atoms with E-state index in [2.05, 4.69) is 15.2 Å². The van der Waals surface area contributed by atoms with Crippen LogP contribution in [0.2, 0.25) is 0 Å². The van der Waals surface area contributed by atoms with Gasteiger partial charge in [0, 0.05) is 5.75 Å². The van der Waals surface area contributed by atoms with Crippen LogP contribution in [-0.4, -0.2) is 26.3 Å². The van der Waals surface area contributed by atoms with Gasteiger partial charge in [0.25, 0.3) is 0 Å². The second kappa shape index (κ2) is 4.33. The van der Waals surface area contributed by atoms with Crippen molar-refractivity contribution >= 4 is 23.4 Å². The fourth-order valence-corrected chi connectivity index (χ4v) is 1.44. The van der Waals surface area contributed by atoms with Crippen molar-refractivity contribution in [3.8, 4) is 6.07 Å². The Bertz CT molecular complexity index is 292. The van der Waals surface area contributed by atoms with Crippen molar-refractivity contribution in [3.05, 3.63) is 5.82 Å². The summed E-state index contributed by atoms with van der Waals surface area (Å²) in [5.41, 5.74) is 0. The molecule has 1 aromatic rings. The van der Waals surface area contributed by atoms with Crippen LogP contribution in [0.15, 0.2) is 5.16 Å². The molecule has 6 heteroatoms. The Kier molecular flexibility index (Phi) is 3.38. The average Bonchev–Trinajstić information content (AvgIpc) is 2.47. The number of nitrogens with one attached hydrogen (secondary N) is 1. The van der Waals surface area contributed by atoms with Crippen LogP contribution in [0.4, 0.5) is 0 Å². The van der Waals surface area contributed by atoms with Gasteiger partial charge in [-0.05, 0) is 6.92 Å². The van der Waals surface area contributed by atoms with E-state index in [1.807, 2.05) is 13.0 Å². The van der Waals surface area contributed by atoms with Crippen LogP contribution in [0.5, 0.6) is 0 Å². The molecule has 1 aromatic heterocycles. The Morgan fingerprint density at radius 2 is 2.58 bits per heavy atom. The summed E-state index contributed by atoms with van der Waals surface area (Å²) >= 11 is 6.94. The zero-order valence-corrected chi connectivity index (χ0v) is 7.98. The normalized spacial score (nSPS) is 12.4.